The minimum Gasteiger partial charge on any atom is -0.506 e. The van der Waals surface area contributed by atoms with Crippen LogP contribution in [0, 0.1) is 0 Å². The van der Waals surface area contributed by atoms with E-state index in [9.17, 15) is 9.90 Å². The lowest BCUT2D eigenvalue weighted by Gasteiger charge is -2.02. The number of hydrogen-bond donors (Lipinski definition) is 2. The molecule has 0 saturated carbocycles. The van der Waals surface area contributed by atoms with Crippen molar-refractivity contribution in [3.05, 3.63) is 28.4 Å². The zero-order chi connectivity index (χ0) is 10.3. The van der Waals surface area contributed by atoms with Crippen molar-refractivity contribution in [3.8, 4) is 5.75 Å². The highest BCUT2D eigenvalue weighted by atomic mass is 79.9. The van der Waals surface area contributed by atoms with Crippen LogP contribution in [0.25, 0.3) is 11.0 Å². The van der Waals surface area contributed by atoms with Gasteiger partial charge in [0.1, 0.15) is 15.8 Å². The van der Waals surface area contributed by atoms with E-state index >= 15 is 0 Å². The van der Waals surface area contributed by atoms with Crippen LogP contribution in [0.4, 0.5) is 0 Å². The van der Waals surface area contributed by atoms with Crippen molar-refractivity contribution >= 4 is 32.9 Å². The standard InChI is InChI=1S/C9H5BrO4/c10-6-7(11)5(9(12)13)3-4-1-2-14-8(4)6/h1-3,11H,(H,12,13). The Morgan fingerprint density at radius 3 is 2.86 bits per heavy atom. The van der Waals surface area contributed by atoms with Gasteiger partial charge in [-0.1, -0.05) is 0 Å². The van der Waals surface area contributed by atoms with Crippen LogP contribution in [-0.2, 0) is 0 Å². The molecule has 2 rings (SSSR count). The molecule has 4 nitrogen and oxygen atoms in total. The monoisotopic (exact) mass is 256 g/mol. The largest absolute Gasteiger partial charge is 0.506 e. The zero-order valence-corrected chi connectivity index (χ0v) is 8.41. The van der Waals surface area contributed by atoms with Crippen molar-refractivity contribution in [1.29, 1.82) is 0 Å². The van der Waals surface area contributed by atoms with Crippen LogP contribution in [0.15, 0.2) is 27.3 Å². The van der Waals surface area contributed by atoms with Crippen LogP contribution in [0.3, 0.4) is 0 Å². The van der Waals surface area contributed by atoms with Gasteiger partial charge in [0.25, 0.3) is 0 Å². The van der Waals surface area contributed by atoms with E-state index < -0.39 is 5.97 Å². The second-order valence-electron chi connectivity index (χ2n) is 2.73. The third-order valence-corrected chi connectivity index (χ3v) is 2.62. The van der Waals surface area contributed by atoms with Crippen LogP contribution in [0.1, 0.15) is 10.4 Å². The summed E-state index contributed by atoms with van der Waals surface area (Å²) in [5.41, 5.74) is 0.290. The summed E-state index contributed by atoms with van der Waals surface area (Å²) in [5, 5.41) is 18.9. The van der Waals surface area contributed by atoms with Gasteiger partial charge in [-0.15, -0.1) is 0 Å². The van der Waals surface area contributed by atoms with E-state index in [4.69, 9.17) is 9.52 Å². The van der Waals surface area contributed by atoms with Gasteiger partial charge in [0.15, 0.2) is 5.58 Å². The fraction of sp³-hybridized carbons (Fsp3) is 0. The molecule has 0 aliphatic rings. The molecule has 0 amide bonds. The Hall–Kier alpha value is -1.49. The summed E-state index contributed by atoms with van der Waals surface area (Å²) in [6.07, 6.45) is 1.43. The van der Waals surface area contributed by atoms with Crippen molar-refractivity contribution in [2.75, 3.05) is 0 Å². The van der Waals surface area contributed by atoms with Crippen LogP contribution in [0.2, 0.25) is 0 Å². The van der Waals surface area contributed by atoms with Crippen LogP contribution in [0.5, 0.6) is 5.75 Å². The fourth-order valence-electron chi connectivity index (χ4n) is 1.22. The average molecular weight is 257 g/mol. The third-order valence-electron chi connectivity index (χ3n) is 1.89. The number of aromatic hydroxyl groups is 1. The van der Waals surface area contributed by atoms with Gasteiger partial charge in [0.2, 0.25) is 0 Å². The molecule has 0 spiro atoms. The molecule has 72 valence electrons. The summed E-state index contributed by atoms with van der Waals surface area (Å²) < 4.78 is 5.33. The Morgan fingerprint density at radius 2 is 2.21 bits per heavy atom. The lowest BCUT2D eigenvalue weighted by molar-refractivity contribution is 0.0694. The second kappa shape index (κ2) is 3.02. The molecule has 2 aromatic rings. The van der Waals surface area contributed by atoms with Gasteiger partial charge in [-0.05, 0) is 28.1 Å². The van der Waals surface area contributed by atoms with E-state index in [0.717, 1.165) is 0 Å². The number of carboxylic acid groups (broad SMARTS) is 1. The maximum absolute atomic E-state index is 10.7. The van der Waals surface area contributed by atoms with E-state index in [1.54, 1.807) is 6.07 Å². The normalized spacial score (nSPS) is 10.6. The zero-order valence-electron chi connectivity index (χ0n) is 6.82. The van der Waals surface area contributed by atoms with Gasteiger partial charge in [0.05, 0.1) is 6.26 Å². The van der Waals surface area contributed by atoms with Crippen molar-refractivity contribution in [2.45, 2.75) is 0 Å². The van der Waals surface area contributed by atoms with Crippen LogP contribution >= 0.6 is 15.9 Å². The van der Waals surface area contributed by atoms with E-state index in [1.165, 1.54) is 12.3 Å². The Kier molecular flexibility index (Phi) is 1.96. The first kappa shape index (κ1) is 9.08. The molecular weight excluding hydrogens is 252 g/mol. The Balaban J connectivity index is 2.87. The first-order chi connectivity index (χ1) is 6.61. The van der Waals surface area contributed by atoms with E-state index in [-0.39, 0.29) is 15.8 Å². The number of benzene rings is 1. The molecule has 0 aliphatic carbocycles. The molecule has 5 heteroatoms. The third kappa shape index (κ3) is 1.17. The number of fused-ring (bicyclic) bond motifs is 1. The molecule has 1 aromatic carbocycles. The van der Waals surface area contributed by atoms with Gasteiger partial charge >= 0.3 is 5.97 Å². The quantitative estimate of drug-likeness (QED) is 0.823. The Labute approximate surface area is 86.9 Å². The van der Waals surface area contributed by atoms with E-state index in [1.807, 2.05) is 0 Å². The lowest BCUT2D eigenvalue weighted by atomic mass is 10.1. The molecule has 0 bridgehead atoms. The molecule has 0 unspecified atom stereocenters. The SMILES string of the molecule is O=C(O)c1cc2ccoc2c(Br)c1O. The van der Waals surface area contributed by atoms with E-state index in [2.05, 4.69) is 15.9 Å². The Morgan fingerprint density at radius 1 is 1.50 bits per heavy atom. The van der Waals surface area contributed by atoms with E-state index in [0.29, 0.717) is 11.0 Å². The highest BCUT2D eigenvalue weighted by Gasteiger charge is 2.17. The summed E-state index contributed by atoms with van der Waals surface area (Å²) in [7, 11) is 0. The second-order valence-corrected chi connectivity index (χ2v) is 3.52. The van der Waals surface area contributed by atoms with Gasteiger partial charge in [0, 0.05) is 5.39 Å². The molecule has 14 heavy (non-hydrogen) atoms. The molecule has 1 aromatic heterocycles. The molecule has 0 saturated heterocycles. The molecule has 0 aliphatic heterocycles. The first-order valence-electron chi connectivity index (χ1n) is 3.73. The summed E-state index contributed by atoms with van der Waals surface area (Å²) in [5.74, 6) is -1.49. The summed E-state index contributed by atoms with van der Waals surface area (Å²) in [4.78, 5) is 10.7. The number of hydrogen-bond acceptors (Lipinski definition) is 3. The minimum absolute atomic E-state index is 0.147. The number of aromatic carboxylic acids is 1. The first-order valence-corrected chi connectivity index (χ1v) is 4.52. The fourth-order valence-corrected chi connectivity index (χ4v) is 1.76. The van der Waals surface area contributed by atoms with Gasteiger partial charge < -0.3 is 14.6 Å². The van der Waals surface area contributed by atoms with Crippen LogP contribution in [-0.4, -0.2) is 16.2 Å². The Bertz CT molecular complexity index is 515. The number of phenols is 1. The topological polar surface area (TPSA) is 70.7 Å². The predicted octanol–water partition coefficient (Wildman–Crippen LogP) is 2.60. The van der Waals surface area contributed by atoms with Crippen LogP contribution < -0.4 is 0 Å². The van der Waals surface area contributed by atoms with Gasteiger partial charge in [-0.2, -0.15) is 0 Å². The predicted molar refractivity (Wildman–Crippen MR) is 52.5 cm³/mol. The maximum atomic E-state index is 10.7. The summed E-state index contributed by atoms with van der Waals surface area (Å²) >= 11 is 3.07. The van der Waals surface area contributed by atoms with Gasteiger partial charge in [-0.3, -0.25) is 0 Å². The molecule has 1 heterocycles. The van der Waals surface area contributed by atoms with Crippen molar-refractivity contribution < 1.29 is 19.4 Å². The summed E-state index contributed by atoms with van der Waals surface area (Å²) in [6.45, 7) is 0. The highest BCUT2D eigenvalue weighted by Crippen LogP contribution is 2.36. The van der Waals surface area contributed by atoms with Crippen molar-refractivity contribution in [2.24, 2.45) is 0 Å². The summed E-state index contributed by atoms with van der Waals surface area (Å²) in [6, 6.07) is 2.99. The number of carboxylic acids is 1. The number of carbonyl (C=O) groups is 1. The number of halogens is 1. The molecule has 2 N–H and O–H groups in total. The molecule has 0 fully saturated rings. The number of rotatable bonds is 1. The molecule has 0 radical (unpaired) electrons. The molecular formula is C9H5BrO4. The molecule has 0 atom stereocenters. The maximum Gasteiger partial charge on any atom is 0.339 e. The highest BCUT2D eigenvalue weighted by molar-refractivity contribution is 9.10. The number of furan rings is 1. The smallest absolute Gasteiger partial charge is 0.339 e. The lowest BCUT2D eigenvalue weighted by Crippen LogP contribution is -1.96. The van der Waals surface area contributed by atoms with Crippen molar-refractivity contribution in [3.63, 3.8) is 0 Å². The van der Waals surface area contributed by atoms with Gasteiger partial charge in [-0.25, -0.2) is 4.79 Å². The average Bonchev–Trinajstić information content (AvgIpc) is 2.58. The minimum atomic E-state index is -1.17. The van der Waals surface area contributed by atoms with Crippen molar-refractivity contribution in [1.82, 2.24) is 0 Å².